The lowest BCUT2D eigenvalue weighted by Gasteiger charge is -2.34. The van der Waals surface area contributed by atoms with Crippen molar-refractivity contribution in [3.63, 3.8) is 0 Å². The number of aryl methyl sites for hydroxylation is 2. The van der Waals surface area contributed by atoms with E-state index in [0.717, 1.165) is 26.6 Å². The highest BCUT2D eigenvalue weighted by molar-refractivity contribution is 7.92. The minimum absolute atomic E-state index is 0.0140. The molecule has 0 heterocycles. The highest BCUT2D eigenvalue weighted by Gasteiger charge is 2.34. The van der Waals surface area contributed by atoms with Gasteiger partial charge in [0.1, 0.15) is 18.3 Å². The first-order valence-electron chi connectivity index (χ1n) is 14.9. The van der Waals surface area contributed by atoms with E-state index in [1.54, 1.807) is 36.4 Å². The molecule has 4 aromatic carbocycles. The maximum Gasteiger partial charge on any atom is 0.264 e. The molecule has 0 aliphatic carbocycles. The van der Waals surface area contributed by atoms with Crippen LogP contribution in [0.25, 0.3) is 0 Å². The van der Waals surface area contributed by atoms with Crippen LogP contribution in [-0.2, 0) is 32.6 Å². The van der Waals surface area contributed by atoms with E-state index >= 15 is 0 Å². The molecule has 236 valence electrons. The molecule has 0 aliphatic rings. The average molecular weight is 628 g/mol. The number of carbonyl (C=O) groups is 2. The molecule has 4 aromatic rings. The van der Waals surface area contributed by atoms with Crippen LogP contribution in [0.1, 0.15) is 36.1 Å². The van der Waals surface area contributed by atoms with Gasteiger partial charge in [-0.3, -0.25) is 13.9 Å². The van der Waals surface area contributed by atoms with Crippen LogP contribution in [0.5, 0.6) is 5.75 Å². The number of hydrogen-bond acceptors (Lipinski definition) is 5. The summed E-state index contributed by atoms with van der Waals surface area (Å²) < 4.78 is 34.6. The Morgan fingerprint density at radius 3 is 1.91 bits per heavy atom. The van der Waals surface area contributed by atoms with E-state index in [9.17, 15) is 18.0 Å². The molecule has 0 aliphatic heterocycles. The second-order valence-electron chi connectivity index (χ2n) is 11.4. The number of methoxy groups -OCH3 is 1. The van der Waals surface area contributed by atoms with Gasteiger partial charge in [0, 0.05) is 19.0 Å². The third kappa shape index (κ3) is 8.73. The Bertz CT molecular complexity index is 1670. The topological polar surface area (TPSA) is 96.0 Å². The first kappa shape index (κ1) is 33.3. The van der Waals surface area contributed by atoms with Crippen LogP contribution in [0.15, 0.2) is 108 Å². The van der Waals surface area contributed by atoms with Gasteiger partial charge < -0.3 is 15.0 Å². The largest absolute Gasteiger partial charge is 0.497 e. The molecule has 0 fully saturated rings. The number of benzene rings is 4. The lowest BCUT2D eigenvalue weighted by Crippen LogP contribution is -2.54. The standard InChI is InChI=1S/C36H41N3O5S/c1-26(2)37-36(41)34(23-29-9-7-6-8-10-29)38(24-30-15-11-27(3)12-16-30)35(40)25-39(31-17-13-28(4)14-18-31)45(42,43)33-21-19-32(44-5)20-22-33/h6-22,26,34H,23-25H2,1-5H3,(H,37,41)/t34-/m0/s1. The van der Waals surface area contributed by atoms with Gasteiger partial charge in [0.15, 0.2) is 0 Å². The summed E-state index contributed by atoms with van der Waals surface area (Å²) in [4.78, 5) is 29.8. The fourth-order valence-corrected chi connectivity index (χ4v) is 6.35. The van der Waals surface area contributed by atoms with Gasteiger partial charge in [0.2, 0.25) is 11.8 Å². The van der Waals surface area contributed by atoms with Gasteiger partial charge in [0.25, 0.3) is 10.0 Å². The first-order chi connectivity index (χ1) is 21.5. The SMILES string of the molecule is COc1ccc(S(=O)(=O)N(CC(=O)N(Cc2ccc(C)cc2)[C@@H](Cc2ccccc2)C(=O)NC(C)C)c2ccc(C)cc2)cc1. The van der Waals surface area contributed by atoms with Gasteiger partial charge in [-0.15, -0.1) is 0 Å². The maximum atomic E-state index is 14.5. The van der Waals surface area contributed by atoms with Gasteiger partial charge in [-0.2, -0.15) is 0 Å². The van der Waals surface area contributed by atoms with Crippen LogP contribution < -0.4 is 14.4 Å². The van der Waals surface area contributed by atoms with E-state index in [0.29, 0.717) is 11.4 Å². The number of nitrogens with zero attached hydrogens (tertiary/aromatic N) is 2. The summed E-state index contributed by atoms with van der Waals surface area (Å²) in [5.41, 5.74) is 4.05. The van der Waals surface area contributed by atoms with E-state index in [4.69, 9.17) is 4.74 Å². The normalized spacial score (nSPS) is 12.0. The molecule has 0 aromatic heterocycles. The Labute approximate surface area is 266 Å². The van der Waals surface area contributed by atoms with Gasteiger partial charge in [-0.25, -0.2) is 8.42 Å². The predicted octanol–water partition coefficient (Wildman–Crippen LogP) is 5.67. The summed E-state index contributed by atoms with van der Waals surface area (Å²) in [6, 6.07) is 29.2. The molecular weight excluding hydrogens is 586 g/mol. The van der Waals surface area contributed by atoms with E-state index < -0.39 is 28.5 Å². The zero-order chi connectivity index (χ0) is 32.6. The Morgan fingerprint density at radius 2 is 1.36 bits per heavy atom. The maximum absolute atomic E-state index is 14.5. The lowest BCUT2D eigenvalue weighted by molar-refractivity contribution is -0.140. The van der Waals surface area contributed by atoms with Crippen molar-refractivity contribution in [2.75, 3.05) is 18.0 Å². The fraction of sp³-hybridized carbons (Fsp3) is 0.278. The monoisotopic (exact) mass is 627 g/mol. The molecule has 9 heteroatoms. The number of anilines is 1. The summed E-state index contributed by atoms with van der Waals surface area (Å²) in [6.07, 6.45) is 0.257. The number of sulfonamides is 1. The Balaban J connectivity index is 1.79. The number of ether oxygens (including phenoxy) is 1. The van der Waals surface area contributed by atoms with Crippen LogP contribution in [0, 0.1) is 13.8 Å². The van der Waals surface area contributed by atoms with Crippen molar-refractivity contribution in [3.8, 4) is 5.75 Å². The summed E-state index contributed by atoms with van der Waals surface area (Å²) in [5, 5.41) is 2.97. The Morgan fingerprint density at radius 1 is 0.778 bits per heavy atom. The molecule has 45 heavy (non-hydrogen) atoms. The second kappa shape index (κ2) is 14.9. The highest BCUT2D eigenvalue weighted by Crippen LogP contribution is 2.27. The minimum Gasteiger partial charge on any atom is -0.497 e. The number of carbonyl (C=O) groups excluding carboxylic acids is 2. The predicted molar refractivity (Wildman–Crippen MR) is 178 cm³/mol. The summed E-state index contributed by atoms with van der Waals surface area (Å²) in [7, 11) is -2.69. The molecule has 1 atom stereocenters. The molecule has 0 radical (unpaired) electrons. The molecule has 0 saturated carbocycles. The van der Waals surface area contributed by atoms with Gasteiger partial charge in [-0.1, -0.05) is 77.9 Å². The lowest BCUT2D eigenvalue weighted by atomic mass is 10.0. The minimum atomic E-state index is -4.19. The second-order valence-corrected chi connectivity index (χ2v) is 13.3. The summed E-state index contributed by atoms with van der Waals surface area (Å²) >= 11 is 0. The van der Waals surface area contributed by atoms with Crippen molar-refractivity contribution >= 4 is 27.5 Å². The molecule has 4 rings (SSSR count). The molecule has 0 bridgehead atoms. The van der Waals surface area contributed by atoms with Crippen molar-refractivity contribution in [2.24, 2.45) is 0 Å². The van der Waals surface area contributed by atoms with E-state index in [-0.39, 0.29) is 29.8 Å². The molecule has 0 saturated heterocycles. The smallest absolute Gasteiger partial charge is 0.264 e. The summed E-state index contributed by atoms with van der Waals surface area (Å²) in [5.74, 6) is -0.307. The van der Waals surface area contributed by atoms with E-state index in [1.165, 1.54) is 24.1 Å². The molecule has 1 N–H and O–H groups in total. The number of hydrogen-bond donors (Lipinski definition) is 1. The van der Waals surface area contributed by atoms with Crippen molar-refractivity contribution in [3.05, 3.63) is 125 Å². The number of rotatable bonds is 13. The zero-order valence-corrected chi connectivity index (χ0v) is 27.3. The fourth-order valence-electron chi connectivity index (χ4n) is 4.94. The van der Waals surface area contributed by atoms with Gasteiger partial charge >= 0.3 is 0 Å². The van der Waals surface area contributed by atoms with Crippen LogP contribution >= 0.6 is 0 Å². The molecule has 0 unspecified atom stereocenters. The molecule has 0 spiro atoms. The summed E-state index contributed by atoms with van der Waals surface area (Å²) in [6.45, 7) is 7.22. The van der Waals surface area contributed by atoms with E-state index in [2.05, 4.69) is 5.32 Å². The van der Waals surface area contributed by atoms with Crippen LogP contribution in [0.4, 0.5) is 5.69 Å². The van der Waals surface area contributed by atoms with Crippen LogP contribution in [-0.4, -0.2) is 50.9 Å². The van der Waals surface area contributed by atoms with E-state index in [1.807, 2.05) is 82.3 Å². The molecular formula is C36H41N3O5S. The Hall–Kier alpha value is -4.63. The Kier molecular flexibility index (Phi) is 11.0. The van der Waals surface area contributed by atoms with Crippen LogP contribution in [0.2, 0.25) is 0 Å². The molecule has 8 nitrogen and oxygen atoms in total. The van der Waals surface area contributed by atoms with Gasteiger partial charge in [-0.05, 0) is 75.2 Å². The zero-order valence-electron chi connectivity index (χ0n) is 26.4. The van der Waals surface area contributed by atoms with Crippen molar-refractivity contribution in [2.45, 2.75) is 57.6 Å². The number of amides is 2. The quantitative estimate of drug-likeness (QED) is 0.206. The van der Waals surface area contributed by atoms with Crippen molar-refractivity contribution in [1.29, 1.82) is 0 Å². The third-order valence-electron chi connectivity index (χ3n) is 7.42. The van der Waals surface area contributed by atoms with Gasteiger partial charge in [0.05, 0.1) is 17.7 Å². The third-order valence-corrected chi connectivity index (χ3v) is 9.21. The van der Waals surface area contributed by atoms with Crippen molar-refractivity contribution in [1.82, 2.24) is 10.2 Å². The highest BCUT2D eigenvalue weighted by atomic mass is 32.2. The van der Waals surface area contributed by atoms with Crippen molar-refractivity contribution < 1.29 is 22.7 Å². The average Bonchev–Trinajstić information content (AvgIpc) is 3.03. The van der Waals surface area contributed by atoms with Crippen LogP contribution in [0.3, 0.4) is 0 Å². The molecule has 2 amide bonds. The number of nitrogens with one attached hydrogen (secondary N) is 1. The first-order valence-corrected chi connectivity index (χ1v) is 16.3.